The fourth-order valence-corrected chi connectivity index (χ4v) is 3.75. The van der Waals surface area contributed by atoms with Crippen molar-refractivity contribution < 1.29 is 0 Å². The average Bonchev–Trinajstić information content (AvgIpc) is 3.26. The molecule has 24 heavy (non-hydrogen) atoms. The van der Waals surface area contributed by atoms with Crippen LogP contribution in [-0.2, 0) is 20.1 Å². The molecule has 6 heteroatoms. The molecule has 1 fully saturated rings. The number of nitrogens with zero attached hydrogens (tertiary/aromatic N) is 5. The van der Waals surface area contributed by atoms with Gasteiger partial charge in [-0.1, -0.05) is 18.2 Å². The second kappa shape index (κ2) is 6.03. The van der Waals surface area contributed by atoms with Gasteiger partial charge in [0.25, 0.3) is 0 Å². The Hall–Kier alpha value is -2.18. The fraction of sp³-hybridized carbons (Fsp3) is 0.444. The summed E-state index contributed by atoms with van der Waals surface area (Å²) >= 11 is 0. The Morgan fingerprint density at radius 2 is 2.08 bits per heavy atom. The molecule has 0 amide bonds. The average molecular weight is 324 g/mol. The monoisotopic (exact) mass is 324 g/mol. The first-order chi connectivity index (χ1) is 11.7. The molecule has 1 aliphatic heterocycles. The number of aryl methyl sites for hydroxylation is 2. The molecule has 3 heterocycles. The van der Waals surface area contributed by atoms with Crippen LogP contribution in [-0.4, -0.2) is 43.4 Å². The lowest BCUT2D eigenvalue weighted by molar-refractivity contribution is 0.319. The van der Waals surface area contributed by atoms with E-state index in [-0.39, 0.29) is 6.04 Å². The van der Waals surface area contributed by atoms with E-state index in [1.54, 1.807) is 0 Å². The van der Waals surface area contributed by atoms with Crippen LogP contribution in [0.15, 0.2) is 36.8 Å². The van der Waals surface area contributed by atoms with E-state index in [0.717, 1.165) is 37.6 Å². The van der Waals surface area contributed by atoms with E-state index >= 15 is 0 Å². The topological polar surface area (TPSA) is 64.9 Å². The predicted molar refractivity (Wildman–Crippen MR) is 94.6 cm³/mol. The molecule has 2 aromatic heterocycles. The predicted octanol–water partition coefficient (Wildman–Crippen LogP) is 1.72. The Bertz CT molecular complexity index is 848. The van der Waals surface area contributed by atoms with Crippen LogP contribution in [0.4, 0.5) is 0 Å². The van der Waals surface area contributed by atoms with Crippen molar-refractivity contribution >= 4 is 10.9 Å². The lowest BCUT2D eigenvalue weighted by Crippen LogP contribution is -2.28. The van der Waals surface area contributed by atoms with Gasteiger partial charge in [0, 0.05) is 56.8 Å². The highest BCUT2D eigenvalue weighted by molar-refractivity contribution is 5.81. The van der Waals surface area contributed by atoms with Gasteiger partial charge >= 0.3 is 0 Å². The summed E-state index contributed by atoms with van der Waals surface area (Å²) in [6.07, 6.45) is 3.93. The second-order valence-electron chi connectivity index (χ2n) is 6.71. The summed E-state index contributed by atoms with van der Waals surface area (Å²) in [5, 5.41) is 6.06. The third-order valence-corrected chi connectivity index (χ3v) is 4.95. The van der Waals surface area contributed by atoms with Gasteiger partial charge < -0.3 is 10.3 Å². The second-order valence-corrected chi connectivity index (χ2v) is 6.71. The lowest BCUT2D eigenvalue weighted by atomic mass is 10.0. The van der Waals surface area contributed by atoms with Crippen molar-refractivity contribution in [2.75, 3.05) is 13.1 Å². The lowest BCUT2D eigenvalue weighted by Gasteiger charge is -2.13. The summed E-state index contributed by atoms with van der Waals surface area (Å²) in [5.74, 6) is 0.297. The van der Waals surface area contributed by atoms with Crippen LogP contribution in [0.3, 0.4) is 0 Å². The van der Waals surface area contributed by atoms with Crippen LogP contribution >= 0.6 is 0 Å². The third-order valence-electron chi connectivity index (χ3n) is 4.95. The highest BCUT2D eigenvalue weighted by atomic mass is 15.3. The van der Waals surface area contributed by atoms with E-state index in [1.165, 1.54) is 10.9 Å². The maximum absolute atomic E-state index is 6.39. The number of likely N-dealkylation sites (tertiary alicyclic amines) is 1. The fourth-order valence-electron chi connectivity index (χ4n) is 3.75. The zero-order valence-electron chi connectivity index (χ0n) is 14.3. The first kappa shape index (κ1) is 15.4. The molecule has 2 atom stereocenters. The summed E-state index contributed by atoms with van der Waals surface area (Å²) in [4.78, 5) is 6.90. The van der Waals surface area contributed by atoms with Crippen molar-refractivity contribution in [3.05, 3.63) is 48.2 Å². The standard InChI is InChI=1S/C18H24N6/c1-3-24-18-7-5-4-6-13(18)17(21-24)11-23-8-14(15(19)9-23)16-10-22(2)12-20-16/h4-7,10,12,14-15H,3,8-9,11,19H2,1-2H3/t14-,15-/m1/s1. The van der Waals surface area contributed by atoms with Crippen LogP contribution in [0.5, 0.6) is 0 Å². The van der Waals surface area contributed by atoms with Crippen LogP contribution in [0.25, 0.3) is 10.9 Å². The molecule has 126 valence electrons. The number of hydrogen-bond donors (Lipinski definition) is 1. The Kier molecular flexibility index (Phi) is 3.86. The number of rotatable bonds is 4. The minimum atomic E-state index is 0.124. The maximum Gasteiger partial charge on any atom is 0.0946 e. The number of imidazole rings is 1. The van der Waals surface area contributed by atoms with Gasteiger partial charge in [0.2, 0.25) is 0 Å². The Balaban J connectivity index is 1.56. The molecule has 6 nitrogen and oxygen atoms in total. The minimum absolute atomic E-state index is 0.124. The summed E-state index contributed by atoms with van der Waals surface area (Å²) in [6.45, 7) is 5.67. The molecule has 0 bridgehead atoms. The molecule has 1 saturated heterocycles. The number of para-hydroxylation sites is 1. The van der Waals surface area contributed by atoms with Crippen molar-refractivity contribution in [1.82, 2.24) is 24.2 Å². The summed E-state index contributed by atoms with van der Waals surface area (Å²) in [7, 11) is 2.00. The van der Waals surface area contributed by atoms with E-state index in [2.05, 4.69) is 52.0 Å². The third kappa shape index (κ3) is 2.61. The van der Waals surface area contributed by atoms with Gasteiger partial charge in [0.1, 0.15) is 0 Å². The first-order valence-corrected chi connectivity index (χ1v) is 8.56. The van der Waals surface area contributed by atoms with Crippen molar-refractivity contribution in [2.45, 2.75) is 32.0 Å². The summed E-state index contributed by atoms with van der Waals surface area (Å²) < 4.78 is 4.07. The quantitative estimate of drug-likeness (QED) is 0.793. The Morgan fingerprint density at radius 1 is 1.25 bits per heavy atom. The van der Waals surface area contributed by atoms with Gasteiger partial charge in [-0.3, -0.25) is 9.58 Å². The van der Waals surface area contributed by atoms with Gasteiger partial charge in [-0.2, -0.15) is 5.10 Å². The highest BCUT2D eigenvalue weighted by Crippen LogP contribution is 2.28. The SMILES string of the molecule is CCn1nc(CN2C[C@@H](N)[C@H](c3cn(C)cn3)C2)c2ccccc21. The zero-order valence-corrected chi connectivity index (χ0v) is 14.3. The van der Waals surface area contributed by atoms with Crippen molar-refractivity contribution in [3.8, 4) is 0 Å². The van der Waals surface area contributed by atoms with E-state index in [4.69, 9.17) is 10.8 Å². The van der Waals surface area contributed by atoms with Gasteiger partial charge in [0.15, 0.2) is 0 Å². The molecule has 0 aliphatic carbocycles. The molecule has 0 saturated carbocycles. The molecule has 2 N–H and O–H groups in total. The van der Waals surface area contributed by atoms with Crippen molar-refractivity contribution in [1.29, 1.82) is 0 Å². The van der Waals surface area contributed by atoms with E-state index < -0.39 is 0 Å². The minimum Gasteiger partial charge on any atom is -0.340 e. The van der Waals surface area contributed by atoms with Gasteiger partial charge in [-0.15, -0.1) is 0 Å². The molecule has 0 spiro atoms. The molecule has 3 aromatic rings. The number of aromatic nitrogens is 4. The molecule has 1 aromatic carbocycles. The number of fused-ring (bicyclic) bond motifs is 1. The van der Waals surface area contributed by atoms with E-state index in [1.807, 2.05) is 17.9 Å². The van der Waals surface area contributed by atoms with Gasteiger partial charge in [0.05, 0.1) is 23.2 Å². The Morgan fingerprint density at radius 3 is 2.83 bits per heavy atom. The highest BCUT2D eigenvalue weighted by Gasteiger charge is 2.33. The molecule has 4 rings (SSSR count). The number of hydrogen-bond acceptors (Lipinski definition) is 4. The zero-order chi connectivity index (χ0) is 16.7. The van der Waals surface area contributed by atoms with Gasteiger partial charge in [-0.25, -0.2) is 4.98 Å². The normalized spacial score (nSPS) is 21.8. The summed E-state index contributed by atoms with van der Waals surface area (Å²) in [6, 6.07) is 8.58. The maximum atomic E-state index is 6.39. The van der Waals surface area contributed by atoms with E-state index in [9.17, 15) is 0 Å². The van der Waals surface area contributed by atoms with Crippen LogP contribution in [0.1, 0.15) is 24.2 Å². The molecule has 1 aliphatic rings. The molecular weight excluding hydrogens is 300 g/mol. The number of nitrogens with two attached hydrogens (primary N) is 1. The summed E-state index contributed by atoms with van der Waals surface area (Å²) in [5.41, 5.74) is 9.83. The molecular formula is C18H24N6. The van der Waals surface area contributed by atoms with Crippen LogP contribution in [0, 0.1) is 0 Å². The first-order valence-electron chi connectivity index (χ1n) is 8.56. The van der Waals surface area contributed by atoms with Gasteiger partial charge in [-0.05, 0) is 13.0 Å². The van der Waals surface area contributed by atoms with Crippen LogP contribution < -0.4 is 5.73 Å². The Labute approximate surface area is 141 Å². The largest absolute Gasteiger partial charge is 0.340 e. The van der Waals surface area contributed by atoms with Crippen LogP contribution in [0.2, 0.25) is 0 Å². The molecule has 0 radical (unpaired) electrons. The van der Waals surface area contributed by atoms with Crippen molar-refractivity contribution in [3.63, 3.8) is 0 Å². The molecule has 0 unspecified atom stereocenters. The number of benzene rings is 1. The van der Waals surface area contributed by atoms with Crippen molar-refractivity contribution in [2.24, 2.45) is 12.8 Å². The smallest absolute Gasteiger partial charge is 0.0946 e. The van der Waals surface area contributed by atoms with E-state index in [0.29, 0.717) is 5.92 Å².